The molecule has 4 nitrogen and oxygen atoms in total. The minimum absolute atomic E-state index is 0.0103. The van der Waals surface area contributed by atoms with E-state index in [-0.39, 0.29) is 11.4 Å². The number of hydrogen-bond donors (Lipinski definition) is 1. The number of urea groups is 1. The molecule has 0 aromatic heterocycles. The number of nitrogens with zero attached hydrogens (tertiary/aromatic N) is 1. The first-order valence-corrected chi connectivity index (χ1v) is 9.28. The molecule has 2 aliphatic rings. The highest BCUT2D eigenvalue weighted by Gasteiger charge is 2.46. The number of nitrogens with one attached hydrogen (secondary N) is 1. The van der Waals surface area contributed by atoms with Crippen molar-refractivity contribution < 1.29 is 9.53 Å². The highest BCUT2D eigenvalue weighted by Crippen LogP contribution is 2.46. The number of ether oxygens (including phenoxy) is 1. The fourth-order valence-corrected chi connectivity index (χ4v) is 4.74. The minimum atomic E-state index is 0.0103. The van der Waals surface area contributed by atoms with Gasteiger partial charge in [0, 0.05) is 31.3 Å². The van der Waals surface area contributed by atoms with Gasteiger partial charge in [-0.3, -0.25) is 0 Å². The van der Waals surface area contributed by atoms with Crippen LogP contribution in [0, 0.1) is 5.41 Å². The van der Waals surface area contributed by atoms with Gasteiger partial charge in [0.15, 0.2) is 0 Å². The van der Waals surface area contributed by atoms with E-state index >= 15 is 0 Å². The SMILES string of the molecule is CO[C@@H]1CCC[C@@]12CCCN(C(=O)Nc1ccc3ccccc3c1)C2. The Labute approximate surface area is 149 Å². The van der Waals surface area contributed by atoms with Crippen molar-refractivity contribution in [1.82, 2.24) is 4.90 Å². The van der Waals surface area contributed by atoms with Crippen molar-refractivity contribution in [2.75, 3.05) is 25.5 Å². The van der Waals surface area contributed by atoms with Gasteiger partial charge in [0.1, 0.15) is 0 Å². The fourth-order valence-electron chi connectivity index (χ4n) is 4.74. The van der Waals surface area contributed by atoms with E-state index in [1.807, 2.05) is 36.3 Å². The Morgan fingerprint density at radius 2 is 1.96 bits per heavy atom. The number of piperidine rings is 1. The molecule has 2 aromatic carbocycles. The first kappa shape index (κ1) is 16.4. The summed E-state index contributed by atoms with van der Waals surface area (Å²) in [5.74, 6) is 0. The van der Waals surface area contributed by atoms with Gasteiger partial charge in [-0.1, -0.05) is 36.8 Å². The van der Waals surface area contributed by atoms with Crippen LogP contribution < -0.4 is 5.32 Å². The van der Waals surface area contributed by atoms with Crippen LogP contribution >= 0.6 is 0 Å². The topological polar surface area (TPSA) is 41.6 Å². The number of benzene rings is 2. The number of fused-ring (bicyclic) bond motifs is 1. The van der Waals surface area contributed by atoms with Gasteiger partial charge in [-0.25, -0.2) is 4.79 Å². The Morgan fingerprint density at radius 1 is 1.16 bits per heavy atom. The third kappa shape index (κ3) is 3.11. The van der Waals surface area contributed by atoms with Gasteiger partial charge in [-0.05, 0) is 48.6 Å². The van der Waals surface area contributed by atoms with Crippen LogP contribution in [0.1, 0.15) is 32.1 Å². The second-order valence-electron chi connectivity index (χ2n) is 7.50. The lowest BCUT2D eigenvalue weighted by molar-refractivity contribution is -0.0244. The first-order valence-electron chi connectivity index (χ1n) is 9.28. The molecule has 1 N–H and O–H groups in total. The van der Waals surface area contributed by atoms with E-state index in [0.29, 0.717) is 6.10 Å². The number of hydrogen-bond acceptors (Lipinski definition) is 2. The van der Waals surface area contributed by atoms with Crippen molar-refractivity contribution >= 4 is 22.5 Å². The number of rotatable bonds is 2. The molecule has 4 heteroatoms. The quantitative estimate of drug-likeness (QED) is 0.866. The number of carbonyl (C=O) groups excluding carboxylic acids is 1. The van der Waals surface area contributed by atoms with E-state index in [2.05, 4.69) is 23.5 Å². The van der Waals surface area contributed by atoms with Crippen LogP contribution in [0.4, 0.5) is 10.5 Å². The van der Waals surface area contributed by atoms with Crippen LogP contribution in [-0.4, -0.2) is 37.2 Å². The molecule has 0 unspecified atom stereocenters. The predicted molar refractivity (Wildman–Crippen MR) is 101 cm³/mol. The summed E-state index contributed by atoms with van der Waals surface area (Å²) in [4.78, 5) is 14.8. The molecule has 1 saturated carbocycles. The highest BCUT2D eigenvalue weighted by molar-refractivity contribution is 5.93. The lowest BCUT2D eigenvalue weighted by atomic mass is 9.76. The minimum Gasteiger partial charge on any atom is -0.381 e. The van der Waals surface area contributed by atoms with Crippen LogP contribution in [0.3, 0.4) is 0 Å². The molecular formula is C21H26N2O2. The molecular weight excluding hydrogens is 312 g/mol. The van der Waals surface area contributed by atoms with Gasteiger partial charge in [-0.2, -0.15) is 0 Å². The highest BCUT2D eigenvalue weighted by atomic mass is 16.5. The predicted octanol–water partition coefficient (Wildman–Crippen LogP) is 4.65. The molecule has 4 rings (SSSR count). The van der Waals surface area contributed by atoms with Crippen LogP contribution in [0.5, 0.6) is 0 Å². The van der Waals surface area contributed by atoms with Crippen molar-refractivity contribution in [2.24, 2.45) is 5.41 Å². The van der Waals surface area contributed by atoms with E-state index < -0.39 is 0 Å². The molecule has 1 saturated heterocycles. The molecule has 132 valence electrons. The van der Waals surface area contributed by atoms with Crippen molar-refractivity contribution in [1.29, 1.82) is 0 Å². The van der Waals surface area contributed by atoms with Gasteiger partial charge in [-0.15, -0.1) is 0 Å². The molecule has 25 heavy (non-hydrogen) atoms. The van der Waals surface area contributed by atoms with Gasteiger partial charge in [0.2, 0.25) is 0 Å². The summed E-state index contributed by atoms with van der Waals surface area (Å²) >= 11 is 0. The summed E-state index contributed by atoms with van der Waals surface area (Å²) in [6.45, 7) is 1.64. The lowest BCUT2D eigenvalue weighted by Gasteiger charge is -2.43. The van der Waals surface area contributed by atoms with E-state index in [1.54, 1.807) is 0 Å². The Balaban J connectivity index is 1.48. The smallest absolute Gasteiger partial charge is 0.321 e. The summed E-state index contributed by atoms with van der Waals surface area (Å²) in [5.41, 5.74) is 1.02. The molecule has 0 bridgehead atoms. The standard InChI is InChI=1S/C21H26N2O2/c1-25-19-8-4-11-21(19)12-5-13-23(15-21)20(24)22-18-10-9-16-6-2-3-7-17(16)14-18/h2-3,6-7,9-10,14,19H,4-5,8,11-13,15H2,1H3,(H,22,24)/t19-,21+/m1/s1. The van der Waals surface area contributed by atoms with Gasteiger partial charge in [0.25, 0.3) is 0 Å². The normalized spacial score (nSPS) is 26.3. The number of likely N-dealkylation sites (tertiary alicyclic amines) is 1. The van der Waals surface area contributed by atoms with Crippen molar-refractivity contribution in [3.05, 3.63) is 42.5 Å². The van der Waals surface area contributed by atoms with E-state index in [4.69, 9.17) is 4.74 Å². The Kier molecular flexibility index (Phi) is 4.38. The van der Waals surface area contributed by atoms with Crippen molar-refractivity contribution in [3.63, 3.8) is 0 Å². The van der Waals surface area contributed by atoms with Crippen LogP contribution in [0.15, 0.2) is 42.5 Å². The van der Waals surface area contributed by atoms with E-state index in [1.165, 1.54) is 24.6 Å². The van der Waals surface area contributed by atoms with E-state index in [9.17, 15) is 4.79 Å². The second kappa shape index (κ2) is 6.68. The largest absolute Gasteiger partial charge is 0.381 e. The fraction of sp³-hybridized carbons (Fsp3) is 0.476. The lowest BCUT2D eigenvalue weighted by Crippen LogP contribution is -2.51. The maximum Gasteiger partial charge on any atom is 0.321 e. The Morgan fingerprint density at radius 3 is 2.80 bits per heavy atom. The first-order chi connectivity index (χ1) is 12.2. The average Bonchev–Trinajstić information content (AvgIpc) is 3.03. The van der Waals surface area contributed by atoms with Gasteiger partial charge < -0.3 is 15.0 Å². The number of anilines is 1. The zero-order valence-corrected chi connectivity index (χ0v) is 14.8. The molecule has 2 atom stereocenters. The third-order valence-corrected chi connectivity index (χ3v) is 6.00. The zero-order valence-electron chi connectivity index (χ0n) is 14.8. The number of amides is 2. The number of methoxy groups -OCH3 is 1. The van der Waals surface area contributed by atoms with Crippen molar-refractivity contribution in [3.8, 4) is 0 Å². The van der Waals surface area contributed by atoms with Crippen LogP contribution in [0.25, 0.3) is 10.8 Å². The summed E-state index contributed by atoms with van der Waals surface area (Å²) in [5, 5.41) is 5.42. The van der Waals surface area contributed by atoms with Gasteiger partial charge >= 0.3 is 6.03 Å². The molecule has 1 aliphatic carbocycles. The molecule has 1 spiro atoms. The molecule has 1 heterocycles. The molecule has 1 aliphatic heterocycles. The third-order valence-electron chi connectivity index (χ3n) is 6.00. The summed E-state index contributed by atoms with van der Waals surface area (Å²) in [7, 11) is 1.81. The maximum atomic E-state index is 12.8. The monoisotopic (exact) mass is 338 g/mol. The van der Waals surface area contributed by atoms with Gasteiger partial charge in [0.05, 0.1) is 6.10 Å². The number of carbonyl (C=O) groups is 1. The Bertz CT molecular complexity index is 775. The molecule has 2 fully saturated rings. The van der Waals surface area contributed by atoms with Crippen LogP contribution in [-0.2, 0) is 4.74 Å². The summed E-state index contributed by atoms with van der Waals surface area (Å²) in [6.07, 6.45) is 6.03. The summed E-state index contributed by atoms with van der Waals surface area (Å²) < 4.78 is 5.74. The average molecular weight is 338 g/mol. The molecule has 2 amide bonds. The zero-order chi connectivity index (χ0) is 17.3. The van der Waals surface area contributed by atoms with Crippen LogP contribution in [0.2, 0.25) is 0 Å². The Hall–Kier alpha value is -2.07. The summed E-state index contributed by atoms with van der Waals surface area (Å²) in [6, 6.07) is 14.3. The maximum absolute atomic E-state index is 12.8. The molecule has 2 aromatic rings. The second-order valence-corrected chi connectivity index (χ2v) is 7.50. The van der Waals surface area contributed by atoms with Crippen molar-refractivity contribution in [2.45, 2.75) is 38.2 Å². The molecule has 0 radical (unpaired) electrons. The van der Waals surface area contributed by atoms with E-state index in [0.717, 1.165) is 37.0 Å².